The maximum absolute atomic E-state index is 13.0. The fraction of sp³-hybridized carbons (Fsp3) is 0.0526. The normalized spacial score (nSPS) is 11.8. The van der Waals surface area contributed by atoms with Gasteiger partial charge in [-0.25, -0.2) is 4.68 Å². The lowest BCUT2D eigenvalue weighted by Gasteiger charge is -2.08. The highest BCUT2D eigenvalue weighted by Gasteiger charge is 2.18. The average molecular weight is 397 g/mol. The van der Waals surface area contributed by atoms with Crippen LogP contribution in [0.3, 0.4) is 0 Å². The Morgan fingerprint density at radius 1 is 0.929 bits per heavy atom. The summed E-state index contributed by atoms with van der Waals surface area (Å²) >= 11 is 0. The molecule has 0 aliphatic carbocycles. The smallest absolute Gasteiger partial charge is 0.282 e. The monoisotopic (exact) mass is 397 g/mol. The van der Waals surface area contributed by atoms with Crippen molar-refractivity contribution in [2.75, 3.05) is 0 Å². The van der Waals surface area contributed by atoms with E-state index >= 15 is 0 Å². The van der Waals surface area contributed by atoms with Crippen LogP contribution in [0.1, 0.15) is 5.56 Å². The van der Waals surface area contributed by atoms with E-state index in [1.807, 2.05) is 6.07 Å². The quantitative estimate of drug-likeness (QED) is 0.514. The molecule has 28 heavy (non-hydrogen) atoms. The van der Waals surface area contributed by atoms with E-state index in [2.05, 4.69) is 5.10 Å². The zero-order valence-electron chi connectivity index (χ0n) is 14.7. The van der Waals surface area contributed by atoms with Crippen LogP contribution >= 0.6 is 0 Å². The molecule has 0 fully saturated rings. The first-order valence-corrected chi connectivity index (χ1v) is 9.72. The second kappa shape index (κ2) is 6.32. The summed E-state index contributed by atoms with van der Waals surface area (Å²) in [6.45, 7) is 1.66. The van der Waals surface area contributed by atoms with Crippen molar-refractivity contribution in [1.29, 1.82) is 0 Å². The van der Waals surface area contributed by atoms with E-state index in [0.29, 0.717) is 22.3 Å². The number of para-hydroxylation sites is 1. The van der Waals surface area contributed by atoms with Gasteiger partial charge in [0.15, 0.2) is 0 Å². The maximum atomic E-state index is 13.0. The summed E-state index contributed by atoms with van der Waals surface area (Å²) in [5, 5.41) is 3.20. The Hall–Kier alpha value is -3.43. The van der Waals surface area contributed by atoms with E-state index in [1.165, 1.54) is 34.9 Å². The summed E-state index contributed by atoms with van der Waals surface area (Å²) in [6.07, 6.45) is 0. The molecule has 142 valence electrons. The third kappa shape index (κ3) is 2.86. The Bertz CT molecular complexity index is 1430. The Balaban J connectivity index is 2.07. The number of nitrogens with zero attached hydrogens (tertiary/aromatic N) is 2. The van der Waals surface area contributed by atoms with Gasteiger partial charge >= 0.3 is 0 Å². The van der Waals surface area contributed by atoms with Crippen LogP contribution in [-0.4, -0.2) is 27.3 Å². The number of nitrogens with one attached hydrogen (secondary N) is 1. The zero-order valence-corrected chi connectivity index (χ0v) is 15.5. The topological polar surface area (TPSA) is 114 Å². The number of fused-ring (bicyclic) bond motifs is 1. The molecule has 0 bridgehead atoms. The van der Waals surface area contributed by atoms with Gasteiger partial charge in [0.1, 0.15) is 5.65 Å². The molecular weight excluding hydrogens is 382 g/mol. The van der Waals surface area contributed by atoms with Gasteiger partial charge < -0.3 is 0 Å². The highest BCUT2D eigenvalue weighted by Crippen LogP contribution is 2.18. The van der Waals surface area contributed by atoms with E-state index < -0.39 is 15.7 Å². The number of H-pyrrole nitrogens is 1. The van der Waals surface area contributed by atoms with Crippen molar-refractivity contribution >= 4 is 21.2 Å². The Morgan fingerprint density at radius 2 is 1.61 bits per heavy atom. The van der Waals surface area contributed by atoms with Crippen LogP contribution in [0, 0.1) is 6.92 Å². The molecule has 0 saturated heterocycles. The predicted molar refractivity (Wildman–Crippen MR) is 104 cm³/mol. The van der Waals surface area contributed by atoms with Crippen LogP contribution in [0.2, 0.25) is 0 Å². The van der Waals surface area contributed by atoms with E-state index in [0.717, 1.165) is 4.68 Å². The van der Waals surface area contributed by atoms with E-state index in [4.69, 9.17) is 0 Å². The number of rotatable bonds is 3. The lowest BCUT2D eigenvalue weighted by Crippen LogP contribution is -2.19. The van der Waals surface area contributed by atoms with Crippen LogP contribution in [0.15, 0.2) is 75.1 Å². The second-order valence-electron chi connectivity index (χ2n) is 6.28. The summed E-state index contributed by atoms with van der Waals surface area (Å²) in [4.78, 5) is 25.3. The second-order valence-corrected chi connectivity index (χ2v) is 7.71. The van der Waals surface area contributed by atoms with Gasteiger partial charge in [-0.2, -0.15) is 8.42 Å². The molecule has 2 N–H and O–H groups in total. The van der Waals surface area contributed by atoms with Crippen molar-refractivity contribution in [3.63, 3.8) is 0 Å². The fourth-order valence-electron chi connectivity index (χ4n) is 3.17. The Morgan fingerprint density at radius 3 is 2.29 bits per heavy atom. The number of benzene rings is 2. The lowest BCUT2D eigenvalue weighted by molar-refractivity contribution is 0.483. The molecule has 0 radical (unpaired) electrons. The minimum absolute atomic E-state index is 0.211. The molecule has 0 unspecified atom stereocenters. The summed E-state index contributed by atoms with van der Waals surface area (Å²) in [5.41, 5.74) is 0.831. The Kier molecular flexibility index (Phi) is 4.06. The van der Waals surface area contributed by atoms with Crippen LogP contribution in [0.5, 0.6) is 0 Å². The zero-order chi connectivity index (χ0) is 20.1. The molecular formula is C19H15N3O5S. The first-order chi connectivity index (χ1) is 13.3. The standard InChI is InChI=1S/C19H15N3O5S/c1-12-10-16(23)21(13-6-3-2-4-7-13)18-17(12)19(24)22(20-18)14-8-5-9-15(11-14)28(25,26)27/h2-11,20H,1H3,(H,25,26,27). The molecule has 4 rings (SSSR count). The number of hydrogen-bond donors (Lipinski definition) is 2. The molecule has 2 heterocycles. The summed E-state index contributed by atoms with van der Waals surface area (Å²) in [6, 6.07) is 15.5. The highest BCUT2D eigenvalue weighted by molar-refractivity contribution is 7.85. The lowest BCUT2D eigenvalue weighted by atomic mass is 10.2. The van der Waals surface area contributed by atoms with Gasteiger partial charge in [0.25, 0.3) is 21.2 Å². The highest BCUT2D eigenvalue weighted by atomic mass is 32.2. The van der Waals surface area contributed by atoms with Crippen molar-refractivity contribution < 1.29 is 13.0 Å². The van der Waals surface area contributed by atoms with Crippen molar-refractivity contribution in [2.24, 2.45) is 0 Å². The van der Waals surface area contributed by atoms with Gasteiger partial charge in [0, 0.05) is 6.07 Å². The van der Waals surface area contributed by atoms with E-state index in [1.54, 1.807) is 31.2 Å². The molecule has 4 aromatic rings. The molecule has 0 saturated carbocycles. The minimum Gasteiger partial charge on any atom is -0.282 e. The van der Waals surface area contributed by atoms with Crippen LogP contribution in [-0.2, 0) is 10.1 Å². The molecule has 0 spiro atoms. The van der Waals surface area contributed by atoms with Crippen LogP contribution < -0.4 is 11.1 Å². The Labute approximate surface area is 159 Å². The number of aryl methyl sites for hydroxylation is 1. The van der Waals surface area contributed by atoms with Gasteiger partial charge in [-0.3, -0.25) is 23.8 Å². The van der Waals surface area contributed by atoms with Gasteiger partial charge in [-0.05, 0) is 42.8 Å². The number of pyridine rings is 1. The predicted octanol–water partition coefficient (Wildman–Crippen LogP) is 2.02. The van der Waals surface area contributed by atoms with Gasteiger partial charge in [-0.1, -0.05) is 24.3 Å². The number of aromatic amines is 1. The van der Waals surface area contributed by atoms with Crippen molar-refractivity contribution in [1.82, 2.24) is 14.3 Å². The molecule has 2 aromatic carbocycles. The first-order valence-electron chi connectivity index (χ1n) is 8.28. The average Bonchev–Trinajstić information content (AvgIpc) is 2.99. The third-order valence-corrected chi connectivity index (χ3v) is 5.29. The minimum atomic E-state index is -4.43. The molecule has 8 nitrogen and oxygen atoms in total. The van der Waals surface area contributed by atoms with Crippen molar-refractivity contribution in [3.05, 3.63) is 86.9 Å². The van der Waals surface area contributed by atoms with Gasteiger partial charge in [-0.15, -0.1) is 0 Å². The van der Waals surface area contributed by atoms with E-state index in [-0.39, 0.29) is 16.1 Å². The summed E-state index contributed by atoms with van der Waals surface area (Å²) < 4.78 is 34.6. The first kappa shape index (κ1) is 18.0. The SMILES string of the molecule is Cc1cc(=O)n(-c2ccccc2)c2[nH]n(-c3cccc(S(=O)(=O)O)c3)c(=O)c12. The number of aromatic nitrogens is 3. The number of hydrogen-bond acceptors (Lipinski definition) is 4. The molecule has 0 aliphatic rings. The fourth-order valence-corrected chi connectivity index (χ4v) is 3.69. The van der Waals surface area contributed by atoms with Crippen LogP contribution in [0.4, 0.5) is 0 Å². The largest absolute Gasteiger partial charge is 0.294 e. The molecule has 2 aromatic heterocycles. The van der Waals surface area contributed by atoms with Crippen LogP contribution in [0.25, 0.3) is 22.4 Å². The maximum Gasteiger partial charge on any atom is 0.294 e. The van der Waals surface area contributed by atoms with Crippen molar-refractivity contribution in [3.8, 4) is 11.4 Å². The summed E-state index contributed by atoms with van der Waals surface area (Å²) in [5.74, 6) is 0. The molecule has 9 heteroatoms. The molecule has 0 aliphatic heterocycles. The van der Waals surface area contributed by atoms with Crippen molar-refractivity contribution in [2.45, 2.75) is 11.8 Å². The molecule has 0 atom stereocenters. The van der Waals surface area contributed by atoms with Gasteiger partial charge in [0.2, 0.25) is 0 Å². The third-order valence-electron chi connectivity index (χ3n) is 4.44. The summed E-state index contributed by atoms with van der Waals surface area (Å²) in [7, 11) is -4.43. The van der Waals surface area contributed by atoms with Gasteiger partial charge in [0.05, 0.1) is 21.7 Å². The molecule has 0 amide bonds. The van der Waals surface area contributed by atoms with E-state index in [9.17, 15) is 22.6 Å².